The van der Waals surface area contributed by atoms with Crippen molar-refractivity contribution in [2.45, 2.75) is 32.4 Å². The summed E-state index contributed by atoms with van der Waals surface area (Å²) < 4.78 is 11.5. The first kappa shape index (κ1) is 14.3. The summed E-state index contributed by atoms with van der Waals surface area (Å²) in [5.74, 6) is 0.946. The van der Waals surface area contributed by atoms with Crippen LogP contribution in [0.3, 0.4) is 0 Å². The summed E-state index contributed by atoms with van der Waals surface area (Å²) in [4.78, 5) is 14.8. The number of hydrogen-bond donors (Lipinski definition) is 1. The largest absolute Gasteiger partial charge is 0.423 e. The molecule has 2 atom stereocenters. The Labute approximate surface area is 134 Å². The molecule has 1 saturated heterocycles. The summed E-state index contributed by atoms with van der Waals surface area (Å²) in [7, 11) is 1.75. The Morgan fingerprint density at radius 1 is 1.26 bits per heavy atom. The first-order valence-corrected chi connectivity index (χ1v) is 7.84. The molecule has 0 unspecified atom stereocenters. The van der Waals surface area contributed by atoms with E-state index in [1.807, 2.05) is 38.1 Å². The van der Waals surface area contributed by atoms with Crippen LogP contribution >= 0.6 is 0 Å². The van der Waals surface area contributed by atoms with Crippen molar-refractivity contribution in [1.29, 1.82) is 0 Å². The molecule has 0 aliphatic carbocycles. The van der Waals surface area contributed by atoms with E-state index in [-0.39, 0.29) is 12.1 Å². The van der Waals surface area contributed by atoms with Crippen molar-refractivity contribution >= 4 is 17.1 Å². The van der Waals surface area contributed by atoms with Gasteiger partial charge in [0.2, 0.25) is 0 Å². The Hall–Kier alpha value is -2.34. The van der Waals surface area contributed by atoms with E-state index in [0.717, 1.165) is 41.3 Å². The molecule has 120 valence electrons. The van der Waals surface area contributed by atoms with Crippen LogP contribution in [-0.2, 0) is 4.74 Å². The van der Waals surface area contributed by atoms with Gasteiger partial charge in [0.15, 0.2) is 5.58 Å². The highest BCUT2D eigenvalue weighted by atomic mass is 16.5. The van der Waals surface area contributed by atoms with Gasteiger partial charge in [0.25, 0.3) is 6.01 Å². The van der Waals surface area contributed by atoms with Crippen LogP contribution in [0.25, 0.3) is 11.1 Å². The maximum Gasteiger partial charge on any atom is 0.299 e. The molecule has 3 aromatic rings. The highest BCUT2D eigenvalue weighted by Gasteiger charge is 2.37. The highest BCUT2D eigenvalue weighted by molar-refractivity contribution is 5.74. The maximum absolute atomic E-state index is 5.95. The third-order valence-electron chi connectivity index (χ3n) is 4.59. The number of anilines is 1. The number of methoxy groups -OCH3 is 1. The number of nitrogens with zero attached hydrogens (tertiary/aromatic N) is 3. The van der Waals surface area contributed by atoms with Crippen LogP contribution < -0.4 is 4.90 Å². The SMILES string of the molecule is CO[C@@H]1C[C@@H](c2nc(C)c(C)[nH]2)N(c2nc3ccccc3o2)C1. The molecule has 0 spiro atoms. The molecule has 1 fully saturated rings. The lowest BCUT2D eigenvalue weighted by molar-refractivity contribution is 0.118. The maximum atomic E-state index is 5.95. The molecule has 23 heavy (non-hydrogen) atoms. The number of aryl methyl sites for hydroxylation is 2. The number of H-pyrrole nitrogens is 1. The fourth-order valence-electron chi connectivity index (χ4n) is 3.15. The predicted octanol–water partition coefficient (Wildman–Crippen LogP) is 3.13. The second-order valence-electron chi connectivity index (χ2n) is 6.06. The predicted molar refractivity (Wildman–Crippen MR) is 87.6 cm³/mol. The summed E-state index contributed by atoms with van der Waals surface area (Å²) >= 11 is 0. The monoisotopic (exact) mass is 312 g/mol. The molecule has 3 heterocycles. The van der Waals surface area contributed by atoms with Gasteiger partial charge in [-0.2, -0.15) is 4.98 Å². The first-order chi connectivity index (χ1) is 11.2. The van der Waals surface area contributed by atoms with Crippen LogP contribution in [0.4, 0.5) is 6.01 Å². The van der Waals surface area contributed by atoms with Gasteiger partial charge in [0.1, 0.15) is 11.3 Å². The zero-order valence-electron chi connectivity index (χ0n) is 13.5. The molecule has 0 saturated carbocycles. The normalized spacial score (nSPS) is 21.4. The third-order valence-corrected chi connectivity index (χ3v) is 4.59. The third kappa shape index (κ3) is 2.39. The number of hydrogen-bond acceptors (Lipinski definition) is 5. The fraction of sp³-hybridized carbons (Fsp3) is 0.412. The summed E-state index contributed by atoms with van der Waals surface area (Å²) in [5, 5.41) is 0. The van der Waals surface area contributed by atoms with E-state index in [0.29, 0.717) is 6.01 Å². The van der Waals surface area contributed by atoms with Gasteiger partial charge in [-0.3, -0.25) is 0 Å². The smallest absolute Gasteiger partial charge is 0.299 e. The van der Waals surface area contributed by atoms with Gasteiger partial charge in [-0.15, -0.1) is 0 Å². The van der Waals surface area contributed by atoms with E-state index in [4.69, 9.17) is 9.15 Å². The highest BCUT2D eigenvalue weighted by Crippen LogP contribution is 2.37. The molecule has 0 amide bonds. The fourth-order valence-corrected chi connectivity index (χ4v) is 3.15. The molecule has 1 N–H and O–H groups in total. The summed E-state index contributed by atoms with van der Waals surface area (Å²) in [5.41, 5.74) is 3.79. The van der Waals surface area contributed by atoms with Gasteiger partial charge in [0.05, 0.1) is 17.8 Å². The molecule has 4 rings (SSSR count). The number of para-hydroxylation sites is 2. The number of aromatic amines is 1. The second-order valence-corrected chi connectivity index (χ2v) is 6.06. The number of rotatable bonds is 3. The number of oxazole rings is 1. The molecule has 1 aliphatic heterocycles. The van der Waals surface area contributed by atoms with Gasteiger partial charge in [-0.25, -0.2) is 4.98 Å². The van der Waals surface area contributed by atoms with E-state index in [9.17, 15) is 0 Å². The molecule has 1 aliphatic rings. The summed E-state index contributed by atoms with van der Waals surface area (Å²) in [6.45, 7) is 4.80. The minimum atomic E-state index is 0.0837. The van der Waals surface area contributed by atoms with E-state index >= 15 is 0 Å². The van der Waals surface area contributed by atoms with E-state index < -0.39 is 0 Å². The lowest BCUT2D eigenvalue weighted by atomic mass is 10.2. The molecule has 2 aromatic heterocycles. The zero-order valence-corrected chi connectivity index (χ0v) is 13.5. The minimum Gasteiger partial charge on any atom is -0.423 e. The molecular formula is C17H20N4O2. The second kappa shape index (κ2) is 5.38. The number of benzene rings is 1. The van der Waals surface area contributed by atoms with Crippen LogP contribution in [0.2, 0.25) is 0 Å². The van der Waals surface area contributed by atoms with E-state index in [1.54, 1.807) is 7.11 Å². The first-order valence-electron chi connectivity index (χ1n) is 7.84. The quantitative estimate of drug-likeness (QED) is 0.805. The van der Waals surface area contributed by atoms with Gasteiger partial charge < -0.3 is 19.0 Å². The molecule has 0 radical (unpaired) electrons. The van der Waals surface area contributed by atoms with Gasteiger partial charge in [0, 0.05) is 25.8 Å². The van der Waals surface area contributed by atoms with Crippen molar-refractivity contribution in [2.75, 3.05) is 18.6 Å². The molecule has 6 nitrogen and oxygen atoms in total. The van der Waals surface area contributed by atoms with Crippen LogP contribution in [0, 0.1) is 13.8 Å². The standard InChI is InChI=1S/C17H20N4O2/c1-10-11(2)19-16(18-10)14-8-12(22-3)9-21(14)17-20-13-6-4-5-7-15(13)23-17/h4-7,12,14H,8-9H2,1-3H3,(H,18,19)/t12-,14+/m1/s1. The van der Waals surface area contributed by atoms with E-state index in [2.05, 4.69) is 19.9 Å². The molecule has 0 bridgehead atoms. The number of nitrogens with one attached hydrogen (secondary N) is 1. The average molecular weight is 312 g/mol. The van der Waals surface area contributed by atoms with Crippen molar-refractivity contribution in [3.05, 3.63) is 41.5 Å². The van der Waals surface area contributed by atoms with Crippen molar-refractivity contribution in [3.63, 3.8) is 0 Å². The average Bonchev–Trinajstić information content (AvgIpc) is 3.24. The summed E-state index contributed by atoms with van der Waals surface area (Å²) in [6.07, 6.45) is 1.00. The van der Waals surface area contributed by atoms with Crippen LogP contribution in [0.1, 0.15) is 29.7 Å². The van der Waals surface area contributed by atoms with Gasteiger partial charge in [-0.1, -0.05) is 12.1 Å². The Kier molecular flexibility index (Phi) is 3.34. The lowest BCUT2D eigenvalue weighted by Gasteiger charge is -2.20. The number of ether oxygens (including phenoxy) is 1. The number of fused-ring (bicyclic) bond motifs is 1. The van der Waals surface area contributed by atoms with Crippen molar-refractivity contribution in [3.8, 4) is 0 Å². The Balaban J connectivity index is 1.74. The zero-order chi connectivity index (χ0) is 16.0. The topological polar surface area (TPSA) is 67.2 Å². The lowest BCUT2D eigenvalue weighted by Crippen LogP contribution is -2.25. The minimum absolute atomic E-state index is 0.0837. The van der Waals surface area contributed by atoms with E-state index in [1.165, 1.54) is 0 Å². The van der Waals surface area contributed by atoms with Crippen molar-refractivity contribution in [1.82, 2.24) is 15.0 Å². The number of imidazole rings is 1. The Morgan fingerprint density at radius 2 is 2.09 bits per heavy atom. The Morgan fingerprint density at radius 3 is 2.78 bits per heavy atom. The van der Waals surface area contributed by atoms with Gasteiger partial charge >= 0.3 is 0 Å². The van der Waals surface area contributed by atoms with Crippen molar-refractivity contribution in [2.24, 2.45) is 0 Å². The molecule has 1 aromatic carbocycles. The molecular weight excluding hydrogens is 292 g/mol. The Bertz CT molecular complexity index is 786. The van der Waals surface area contributed by atoms with Crippen LogP contribution in [0.15, 0.2) is 28.7 Å². The molecule has 6 heteroatoms. The van der Waals surface area contributed by atoms with Gasteiger partial charge in [-0.05, 0) is 26.0 Å². The summed E-state index contributed by atoms with van der Waals surface area (Å²) in [6, 6.07) is 8.53. The van der Waals surface area contributed by atoms with Crippen LogP contribution in [0.5, 0.6) is 0 Å². The van der Waals surface area contributed by atoms with Crippen molar-refractivity contribution < 1.29 is 9.15 Å². The number of aromatic nitrogens is 3. The van der Waals surface area contributed by atoms with Crippen LogP contribution in [-0.4, -0.2) is 34.7 Å².